The second-order valence-electron chi connectivity index (χ2n) is 7.33. The second kappa shape index (κ2) is 8.05. The van der Waals surface area contributed by atoms with Crippen molar-refractivity contribution in [2.24, 2.45) is 0 Å². The van der Waals surface area contributed by atoms with Crippen molar-refractivity contribution in [2.75, 3.05) is 44.3 Å². The summed E-state index contributed by atoms with van der Waals surface area (Å²) in [4.78, 5) is 25.8. The third kappa shape index (κ3) is 4.11. The molecule has 2 aromatic rings. The van der Waals surface area contributed by atoms with E-state index in [2.05, 4.69) is 46.1 Å². The highest BCUT2D eigenvalue weighted by Crippen LogP contribution is 2.25. The lowest BCUT2D eigenvalue weighted by Gasteiger charge is -2.36. The van der Waals surface area contributed by atoms with E-state index in [4.69, 9.17) is 4.74 Å². The van der Waals surface area contributed by atoms with Crippen LogP contribution in [0.1, 0.15) is 40.5 Å². The number of anilines is 1. The molecule has 2 saturated heterocycles. The molecule has 1 aromatic carbocycles. The third-order valence-corrected chi connectivity index (χ3v) is 5.48. The number of nitrogens with zero attached hydrogens (tertiary/aromatic N) is 4. The van der Waals surface area contributed by atoms with Gasteiger partial charge in [-0.05, 0) is 43.5 Å². The van der Waals surface area contributed by atoms with E-state index in [0.717, 1.165) is 44.8 Å². The van der Waals surface area contributed by atoms with E-state index in [1.54, 1.807) is 0 Å². The number of rotatable bonds is 3. The second-order valence-corrected chi connectivity index (χ2v) is 7.33. The smallest absolute Gasteiger partial charge is 0.272 e. The summed E-state index contributed by atoms with van der Waals surface area (Å²) in [5.74, 6) is 0.376. The lowest BCUT2D eigenvalue weighted by Crippen LogP contribution is -2.49. The van der Waals surface area contributed by atoms with Gasteiger partial charge in [0.2, 0.25) is 0 Å². The predicted octanol–water partition coefficient (Wildman–Crippen LogP) is 2.64. The van der Waals surface area contributed by atoms with Crippen molar-refractivity contribution in [3.63, 3.8) is 0 Å². The number of amides is 1. The van der Waals surface area contributed by atoms with E-state index in [9.17, 15) is 4.79 Å². The lowest BCUT2D eigenvalue weighted by atomic mass is 9.96. The fourth-order valence-corrected chi connectivity index (χ4v) is 3.86. The molecule has 0 saturated carbocycles. The topological polar surface area (TPSA) is 58.6 Å². The molecule has 1 amide bonds. The van der Waals surface area contributed by atoms with Crippen molar-refractivity contribution in [3.05, 3.63) is 53.6 Å². The van der Waals surface area contributed by atoms with Gasteiger partial charge in [-0.3, -0.25) is 4.79 Å². The van der Waals surface area contributed by atoms with Gasteiger partial charge in [0.15, 0.2) is 0 Å². The minimum Gasteiger partial charge on any atom is -0.381 e. The number of aryl methyl sites for hydroxylation is 1. The SMILES string of the molecule is Cc1cccc(N2CCN(C(=O)c3cc(C4CCOCC4)ncn3)CC2)c1. The van der Waals surface area contributed by atoms with Gasteiger partial charge in [-0.2, -0.15) is 0 Å². The first-order chi connectivity index (χ1) is 13.2. The molecule has 6 nitrogen and oxygen atoms in total. The van der Waals surface area contributed by atoms with Crippen molar-refractivity contribution in [1.82, 2.24) is 14.9 Å². The molecular weight excluding hydrogens is 340 g/mol. The molecule has 0 bridgehead atoms. The molecule has 1 aromatic heterocycles. The molecule has 2 aliphatic rings. The standard InChI is InChI=1S/C21H26N4O2/c1-16-3-2-4-18(13-16)24-7-9-25(10-8-24)21(26)20-14-19(22-15-23-20)17-5-11-27-12-6-17/h2-4,13-15,17H,5-12H2,1H3. The van der Waals surface area contributed by atoms with Crippen LogP contribution in [0.25, 0.3) is 0 Å². The summed E-state index contributed by atoms with van der Waals surface area (Å²) in [5.41, 5.74) is 3.96. The first-order valence-corrected chi connectivity index (χ1v) is 9.71. The Morgan fingerprint density at radius 1 is 1.07 bits per heavy atom. The largest absolute Gasteiger partial charge is 0.381 e. The Bertz CT molecular complexity index is 796. The molecule has 0 N–H and O–H groups in total. The Morgan fingerprint density at radius 2 is 1.85 bits per heavy atom. The van der Waals surface area contributed by atoms with Gasteiger partial charge >= 0.3 is 0 Å². The van der Waals surface area contributed by atoms with Gasteiger partial charge < -0.3 is 14.5 Å². The third-order valence-electron chi connectivity index (χ3n) is 5.48. The summed E-state index contributed by atoms with van der Waals surface area (Å²) in [5, 5.41) is 0. The molecule has 0 spiro atoms. The highest BCUT2D eigenvalue weighted by atomic mass is 16.5. The molecule has 3 heterocycles. The molecule has 2 aliphatic heterocycles. The average Bonchev–Trinajstić information content (AvgIpc) is 2.74. The number of hydrogen-bond donors (Lipinski definition) is 0. The highest BCUT2D eigenvalue weighted by Gasteiger charge is 2.25. The number of aromatic nitrogens is 2. The van der Waals surface area contributed by atoms with Gasteiger partial charge in [0.05, 0.1) is 0 Å². The zero-order valence-corrected chi connectivity index (χ0v) is 15.8. The van der Waals surface area contributed by atoms with Crippen LogP contribution >= 0.6 is 0 Å². The maximum Gasteiger partial charge on any atom is 0.272 e. The fraction of sp³-hybridized carbons (Fsp3) is 0.476. The predicted molar refractivity (Wildman–Crippen MR) is 104 cm³/mol. The Morgan fingerprint density at radius 3 is 2.59 bits per heavy atom. The maximum atomic E-state index is 12.9. The van der Waals surface area contributed by atoms with Crippen LogP contribution in [0.4, 0.5) is 5.69 Å². The van der Waals surface area contributed by atoms with E-state index in [0.29, 0.717) is 24.7 Å². The molecule has 142 valence electrons. The van der Waals surface area contributed by atoms with Crippen LogP contribution < -0.4 is 4.90 Å². The number of hydrogen-bond acceptors (Lipinski definition) is 5. The molecule has 6 heteroatoms. The number of benzene rings is 1. The van der Waals surface area contributed by atoms with E-state index in [1.165, 1.54) is 17.6 Å². The van der Waals surface area contributed by atoms with Crippen LogP contribution in [0, 0.1) is 6.92 Å². The number of carbonyl (C=O) groups is 1. The summed E-state index contributed by atoms with van der Waals surface area (Å²) < 4.78 is 5.42. The lowest BCUT2D eigenvalue weighted by molar-refractivity contribution is 0.0739. The molecule has 0 radical (unpaired) electrons. The zero-order valence-electron chi connectivity index (χ0n) is 15.8. The molecule has 0 atom stereocenters. The van der Waals surface area contributed by atoms with Gasteiger partial charge in [0, 0.05) is 56.7 Å². The minimum atomic E-state index is 0.00889. The average molecular weight is 366 g/mol. The highest BCUT2D eigenvalue weighted by molar-refractivity contribution is 5.92. The van der Waals surface area contributed by atoms with Gasteiger partial charge in [-0.1, -0.05) is 12.1 Å². The van der Waals surface area contributed by atoms with Gasteiger partial charge in [-0.15, -0.1) is 0 Å². The molecular formula is C21H26N4O2. The van der Waals surface area contributed by atoms with Crippen LogP contribution in [0.5, 0.6) is 0 Å². The molecule has 2 fully saturated rings. The zero-order chi connectivity index (χ0) is 18.6. The van der Waals surface area contributed by atoms with E-state index in [1.807, 2.05) is 11.0 Å². The van der Waals surface area contributed by atoms with Gasteiger partial charge in [-0.25, -0.2) is 9.97 Å². The van der Waals surface area contributed by atoms with E-state index < -0.39 is 0 Å². The van der Waals surface area contributed by atoms with Crippen molar-refractivity contribution < 1.29 is 9.53 Å². The fourth-order valence-electron chi connectivity index (χ4n) is 3.86. The van der Waals surface area contributed by atoms with E-state index >= 15 is 0 Å². The minimum absolute atomic E-state index is 0.00889. The van der Waals surface area contributed by atoms with Crippen LogP contribution in [0.15, 0.2) is 36.7 Å². The van der Waals surface area contributed by atoms with Crippen LogP contribution in [-0.2, 0) is 4.74 Å². The Kier molecular flexibility index (Phi) is 5.34. The summed E-state index contributed by atoms with van der Waals surface area (Å²) >= 11 is 0. The Hall–Kier alpha value is -2.47. The molecule has 4 rings (SSSR count). The summed E-state index contributed by atoms with van der Waals surface area (Å²) in [6.07, 6.45) is 3.45. The molecule has 27 heavy (non-hydrogen) atoms. The first-order valence-electron chi connectivity index (χ1n) is 9.71. The van der Waals surface area contributed by atoms with Crippen molar-refractivity contribution in [1.29, 1.82) is 0 Å². The van der Waals surface area contributed by atoms with Gasteiger partial charge in [0.1, 0.15) is 12.0 Å². The first kappa shape index (κ1) is 17.9. The number of ether oxygens (including phenoxy) is 1. The van der Waals surface area contributed by atoms with Gasteiger partial charge in [0.25, 0.3) is 5.91 Å². The normalized spacial score (nSPS) is 18.6. The summed E-state index contributed by atoms with van der Waals surface area (Å²) in [6.45, 7) is 6.74. The van der Waals surface area contributed by atoms with Crippen molar-refractivity contribution >= 4 is 11.6 Å². The quantitative estimate of drug-likeness (QED) is 0.836. The van der Waals surface area contributed by atoms with Crippen LogP contribution in [-0.4, -0.2) is 60.2 Å². The number of piperazine rings is 1. The number of carbonyl (C=O) groups excluding carboxylic acids is 1. The molecule has 0 unspecified atom stereocenters. The molecule has 0 aliphatic carbocycles. The van der Waals surface area contributed by atoms with E-state index in [-0.39, 0.29) is 5.91 Å². The monoisotopic (exact) mass is 366 g/mol. The Labute approximate surface area is 160 Å². The summed E-state index contributed by atoms with van der Waals surface area (Å²) in [6, 6.07) is 10.4. The van der Waals surface area contributed by atoms with Crippen molar-refractivity contribution in [2.45, 2.75) is 25.7 Å². The van der Waals surface area contributed by atoms with Crippen LogP contribution in [0.2, 0.25) is 0 Å². The van der Waals surface area contributed by atoms with Crippen LogP contribution in [0.3, 0.4) is 0 Å². The maximum absolute atomic E-state index is 12.9. The van der Waals surface area contributed by atoms with Crippen molar-refractivity contribution in [3.8, 4) is 0 Å². The summed E-state index contributed by atoms with van der Waals surface area (Å²) in [7, 11) is 0. The Balaban J connectivity index is 1.40.